The van der Waals surface area contributed by atoms with Crippen molar-refractivity contribution in [1.82, 2.24) is 5.32 Å². The van der Waals surface area contributed by atoms with Gasteiger partial charge in [-0.2, -0.15) is 0 Å². The zero-order valence-corrected chi connectivity index (χ0v) is 17.1. The lowest BCUT2D eigenvalue weighted by atomic mass is 9.95. The van der Waals surface area contributed by atoms with Gasteiger partial charge in [0.1, 0.15) is 17.7 Å². The molecule has 3 rings (SSSR count). The molecule has 4 nitrogen and oxygen atoms in total. The number of anilines is 1. The van der Waals surface area contributed by atoms with Gasteiger partial charge in [0, 0.05) is 22.8 Å². The van der Waals surface area contributed by atoms with Crippen molar-refractivity contribution in [1.29, 1.82) is 0 Å². The lowest BCUT2D eigenvalue weighted by molar-refractivity contribution is -0.124. The lowest BCUT2D eigenvalue weighted by Crippen LogP contribution is -2.53. The zero-order chi connectivity index (χ0) is 21.0. The van der Waals surface area contributed by atoms with Crippen molar-refractivity contribution in [2.24, 2.45) is 5.92 Å². The summed E-state index contributed by atoms with van der Waals surface area (Å²) in [6.45, 7) is 2.00. The third-order valence-corrected chi connectivity index (χ3v) is 6.59. The van der Waals surface area contributed by atoms with Crippen molar-refractivity contribution in [2.75, 3.05) is 10.7 Å². The van der Waals surface area contributed by atoms with E-state index in [9.17, 15) is 18.4 Å². The van der Waals surface area contributed by atoms with E-state index < -0.39 is 29.5 Å². The maximum absolute atomic E-state index is 14.6. The van der Waals surface area contributed by atoms with Crippen LogP contribution in [0.4, 0.5) is 14.5 Å². The molecule has 29 heavy (non-hydrogen) atoms. The molecule has 1 aliphatic heterocycles. The number of thioether (sulfide) groups is 1. The molecule has 0 spiro atoms. The van der Waals surface area contributed by atoms with Gasteiger partial charge >= 0.3 is 5.91 Å². The van der Waals surface area contributed by atoms with Crippen molar-refractivity contribution >= 4 is 29.3 Å². The first-order valence-electron chi connectivity index (χ1n) is 9.80. The molecule has 154 valence electrons. The number of amides is 2. The predicted octanol–water partition coefficient (Wildman–Crippen LogP) is 4.02. The van der Waals surface area contributed by atoms with Crippen LogP contribution in [-0.4, -0.2) is 29.7 Å². The summed E-state index contributed by atoms with van der Waals surface area (Å²) < 4.78 is 28.0. The van der Waals surface area contributed by atoms with Crippen LogP contribution in [0.3, 0.4) is 0 Å². The molecule has 7 heteroatoms. The van der Waals surface area contributed by atoms with Gasteiger partial charge in [0.15, 0.2) is 0 Å². The topological polar surface area (TPSA) is 49.4 Å². The second-order valence-electron chi connectivity index (χ2n) is 7.52. The number of hydrogen-bond donors (Lipinski definition) is 1. The molecule has 1 fully saturated rings. The van der Waals surface area contributed by atoms with Crippen molar-refractivity contribution in [3.8, 4) is 12.3 Å². The maximum Gasteiger partial charge on any atom is 0.303 e. The number of carbonyl (C=O) groups is 2. The number of carbonyl (C=O) groups excluding carboxylic acids is 2. The molecule has 1 aromatic carbocycles. The Morgan fingerprint density at radius 3 is 2.59 bits per heavy atom. The van der Waals surface area contributed by atoms with Gasteiger partial charge in [-0.3, -0.25) is 14.5 Å². The molecular formula is C22H24F2N2O2S. The maximum atomic E-state index is 14.6. The Morgan fingerprint density at radius 1 is 1.28 bits per heavy atom. The van der Waals surface area contributed by atoms with E-state index in [-0.39, 0.29) is 17.6 Å². The number of benzene rings is 1. The van der Waals surface area contributed by atoms with Gasteiger partial charge in [-0.1, -0.05) is 32.3 Å². The number of nitrogens with zero attached hydrogens (tertiary/aromatic N) is 1. The van der Waals surface area contributed by atoms with Gasteiger partial charge < -0.3 is 5.32 Å². The highest BCUT2D eigenvalue weighted by Crippen LogP contribution is 2.36. The van der Waals surface area contributed by atoms with Crippen LogP contribution in [0, 0.1) is 29.9 Å². The third-order valence-electron chi connectivity index (χ3n) is 5.20. The van der Waals surface area contributed by atoms with Crippen LogP contribution < -0.4 is 10.2 Å². The van der Waals surface area contributed by atoms with Crippen LogP contribution >= 0.6 is 11.8 Å². The fourth-order valence-corrected chi connectivity index (χ4v) is 5.04. The molecule has 2 amide bonds. The summed E-state index contributed by atoms with van der Waals surface area (Å²) in [5.41, 5.74) is -0.209. The van der Waals surface area contributed by atoms with E-state index in [2.05, 4.69) is 5.32 Å². The van der Waals surface area contributed by atoms with Crippen molar-refractivity contribution in [3.05, 3.63) is 40.8 Å². The highest BCUT2D eigenvalue weighted by molar-refractivity contribution is 8.03. The normalized spacial score (nSPS) is 20.5. The number of nitrogens with one attached hydrogen (secondary N) is 1. The van der Waals surface area contributed by atoms with E-state index in [0.29, 0.717) is 11.0 Å². The Hall–Kier alpha value is -2.33. The average Bonchev–Trinajstić information content (AvgIpc) is 3.12. The molecule has 2 atom stereocenters. The molecule has 1 saturated carbocycles. The summed E-state index contributed by atoms with van der Waals surface area (Å²) in [6, 6.07) is 1.80. The van der Waals surface area contributed by atoms with Crippen molar-refractivity contribution in [2.45, 2.75) is 51.1 Å². The van der Waals surface area contributed by atoms with E-state index in [4.69, 9.17) is 6.42 Å². The Labute approximate surface area is 174 Å². The van der Waals surface area contributed by atoms with Gasteiger partial charge in [0.05, 0.1) is 5.69 Å². The number of allylic oxidation sites excluding steroid dienone is 1. The molecule has 2 unspecified atom stereocenters. The van der Waals surface area contributed by atoms with E-state index in [0.717, 1.165) is 54.9 Å². The molecule has 1 N–H and O–H groups in total. The first kappa shape index (κ1) is 21.4. The number of rotatable bonds is 5. The molecule has 0 bridgehead atoms. The molecule has 1 heterocycles. The molecule has 0 radical (unpaired) electrons. The summed E-state index contributed by atoms with van der Waals surface area (Å²) in [5.74, 6) is -0.000103. The summed E-state index contributed by atoms with van der Waals surface area (Å²) in [7, 11) is 0. The van der Waals surface area contributed by atoms with Gasteiger partial charge in [-0.25, -0.2) is 8.78 Å². The minimum Gasteiger partial charge on any atom is -0.351 e. The van der Waals surface area contributed by atoms with Crippen LogP contribution in [0.2, 0.25) is 0 Å². The molecule has 2 aliphatic rings. The standard InChI is InChI=1S/C22H24F2N2O2S/c1-3-20(27)26(18-10-9-15(23)12-17(18)24)21(19-11-14(2)13-29-19)22(28)25-16-7-5-4-6-8-16/h1,9-12,14,16,21H,4-8,13H2,2H3,(H,25,28). The number of halogens is 2. The monoisotopic (exact) mass is 418 g/mol. The van der Waals surface area contributed by atoms with Crippen molar-refractivity contribution < 1.29 is 18.4 Å². The first-order valence-corrected chi connectivity index (χ1v) is 10.8. The number of hydrogen-bond acceptors (Lipinski definition) is 3. The first-order chi connectivity index (χ1) is 13.9. The van der Waals surface area contributed by atoms with Crippen LogP contribution in [0.5, 0.6) is 0 Å². The molecule has 1 aromatic rings. The predicted molar refractivity (Wildman–Crippen MR) is 111 cm³/mol. The Morgan fingerprint density at radius 2 is 2.00 bits per heavy atom. The largest absolute Gasteiger partial charge is 0.351 e. The van der Waals surface area contributed by atoms with Crippen LogP contribution in [-0.2, 0) is 9.59 Å². The third kappa shape index (κ3) is 4.99. The van der Waals surface area contributed by atoms with E-state index in [1.165, 1.54) is 11.8 Å². The Balaban J connectivity index is 2.00. The van der Waals surface area contributed by atoms with Gasteiger partial charge in [-0.05, 0) is 36.8 Å². The molecule has 0 saturated heterocycles. The number of terminal acetylenes is 1. The van der Waals surface area contributed by atoms with Crippen molar-refractivity contribution in [3.63, 3.8) is 0 Å². The molecular weight excluding hydrogens is 394 g/mol. The Bertz CT molecular complexity index is 859. The smallest absolute Gasteiger partial charge is 0.303 e. The molecule has 1 aliphatic carbocycles. The highest BCUT2D eigenvalue weighted by Gasteiger charge is 2.38. The van der Waals surface area contributed by atoms with E-state index in [1.54, 1.807) is 0 Å². The van der Waals surface area contributed by atoms with Gasteiger partial charge in [-0.15, -0.1) is 18.2 Å². The Kier molecular flexibility index (Phi) is 6.96. The minimum absolute atomic E-state index is 0.0176. The summed E-state index contributed by atoms with van der Waals surface area (Å²) in [6.07, 6.45) is 12.2. The van der Waals surface area contributed by atoms with E-state index >= 15 is 0 Å². The highest BCUT2D eigenvalue weighted by atomic mass is 32.2. The van der Waals surface area contributed by atoms with Crippen LogP contribution in [0.1, 0.15) is 39.0 Å². The van der Waals surface area contributed by atoms with Gasteiger partial charge in [0.25, 0.3) is 0 Å². The van der Waals surface area contributed by atoms with Gasteiger partial charge in [0.2, 0.25) is 5.91 Å². The summed E-state index contributed by atoms with van der Waals surface area (Å²) in [4.78, 5) is 27.6. The van der Waals surface area contributed by atoms with Crippen LogP contribution in [0.15, 0.2) is 29.2 Å². The fourth-order valence-electron chi connectivity index (χ4n) is 3.79. The summed E-state index contributed by atoms with van der Waals surface area (Å²) >= 11 is 1.45. The SMILES string of the molecule is C#CC(=O)N(c1ccc(F)cc1F)C(C(=O)NC1CCCCC1)C1=CC(C)CS1. The van der Waals surface area contributed by atoms with E-state index in [1.807, 2.05) is 18.9 Å². The second-order valence-corrected chi connectivity index (χ2v) is 8.61. The molecule has 0 aromatic heterocycles. The quantitative estimate of drug-likeness (QED) is 0.735. The lowest BCUT2D eigenvalue weighted by Gasteiger charge is -2.32. The average molecular weight is 419 g/mol. The summed E-state index contributed by atoms with van der Waals surface area (Å²) in [5, 5.41) is 3.02. The second kappa shape index (κ2) is 9.45. The zero-order valence-electron chi connectivity index (χ0n) is 16.3. The fraction of sp³-hybridized carbons (Fsp3) is 0.455. The minimum atomic E-state index is -1.09. The van der Waals surface area contributed by atoms with Crippen LogP contribution in [0.25, 0.3) is 0 Å².